The fourth-order valence-electron chi connectivity index (χ4n) is 3.47. The first-order chi connectivity index (χ1) is 17.7. The minimum atomic E-state index is -0.494. The molecule has 0 aliphatic carbocycles. The van der Waals surface area contributed by atoms with Crippen LogP contribution in [0.5, 0.6) is 11.5 Å². The van der Waals surface area contributed by atoms with Gasteiger partial charge in [0.2, 0.25) is 0 Å². The molecule has 11 heteroatoms. The summed E-state index contributed by atoms with van der Waals surface area (Å²) in [4.78, 5) is 26.9. The van der Waals surface area contributed by atoms with Gasteiger partial charge in [-0.15, -0.1) is 0 Å². The lowest BCUT2D eigenvalue weighted by Crippen LogP contribution is -2.27. The van der Waals surface area contributed by atoms with Crippen molar-refractivity contribution < 1.29 is 23.5 Å². The highest BCUT2D eigenvalue weighted by Crippen LogP contribution is 2.39. The van der Waals surface area contributed by atoms with Crippen LogP contribution in [-0.4, -0.2) is 22.7 Å². The molecule has 1 heterocycles. The Hall–Kier alpha value is -1.98. The van der Waals surface area contributed by atoms with Crippen molar-refractivity contribution in [2.45, 2.75) is 20.1 Å². The van der Waals surface area contributed by atoms with Gasteiger partial charge in [-0.3, -0.25) is 14.5 Å². The number of amides is 2. The average Bonchev–Trinajstić information content (AvgIpc) is 3.08. The number of carbonyl (C=O) groups is 2. The summed E-state index contributed by atoms with van der Waals surface area (Å²) in [6.45, 7) is 2.40. The Kier molecular flexibility index (Phi) is 9.29. The molecule has 0 spiro atoms. The molecule has 0 radical (unpaired) electrons. The molecule has 0 unspecified atom stereocenters. The first-order valence-corrected chi connectivity index (χ1v) is 13.9. The number of thioether (sulfide) groups is 1. The smallest absolute Gasteiger partial charge is 0.293 e. The molecular formula is C26H18Cl3FINO4S. The standard InChI is InChI=1S/C26H18Cl3FINO4S/c1-2-35-22-8-14(7-21(31)24(22)36-13-16-3-5-17(27)10-19(16)28)9-23-25(33)32(26(34)37-23)12-15-4-6-18(30)11-20(15)29/h3-11H,2,12-13H2,1H3/b23-9+. The van der Waals surface area contributed by atoms with Gasteiger partial charge >= 0.3 is 0 Å². The minimum Gasteiger partial charge on any atom is -0.490 e. The third kappa shape index (κ3) is 6.72. The van der Waals surface area contributed by atoms with E-state index in [9.17, 15) is 14.0 Å². The van der Waals surface area contributed by atoms with Gasteiger partial charge in [0.05, 0.1) is 21.6 Å². The summed E-state index contributed by atoms with van der Waals surface area (Å²) in [7, 11) is 0. The Balaban J connectivity index is 1.56. The molecule has 3 aromatic carbocycles. The number of nitrogens with zero attached hydrogens (tertiary/aromatic N) is 1. The van der Waals surface area contributed by atoms with Crippen LogP contribution < -0.4 is 9.47 Å². The number of imide groups is 1. The number of hydrogen-bond acceptors (Lipinski definition) is 5. The van der Waals surface area contributed by atoms with Gasteiger partial charge < -0.3 is 9.47 Å². The van der Waals surface area contributed by atoms with Gasteiger partial charge in [0.1, 0.15) is 12.4 Å². The first-order valence-electron chi connectivity index (χ1n) is 10.9. The summed E-state index contributed by atoms with van der Waals surface area (Å²) in [5.74, 6) is 0.0694. The van der Waals surface area contributed by atoms with Crippen LogP contribution in [0.3, 0.4) is 0 Å². The van der Waals surface area contributed by atoms with Crippen molar-refractivity contribution in [3.8, 4) is 11.5 Å². The van der Waals surface area contributed by atoms with Crippen LogP contribution in [0.25, 0.3) is 6.08 Å². The largest absolute Gasteiger partial charge is 0.490 e. The van der Waals surface area contributed by atoms with E-state index in [4.69, 9.17) is 44.3 Å². The zero-order valence-electron chi connectivity index (χ0n) is 19.2. The lowest BCUT2D eigenvalue weighted by atomic mass is 10.1. The molecule has 0 N–H and O–H groups in total. The lowest BCUT2D eigenvalue weighted by Gasteiger charge is -2.15. The molecule has 37 heavy (non-hydrogen) atoms. The zero-order chi connectivity index (χ0) is 26.7. The highest BCUT2D eigenvalue weighted by Gasteiger charge is 2.35. The van der Waals surface area contributed by atoms with Crippen LogP contribution in [0, 0.1) is 9.39 Å². The second-order valence-electron chi connectivity index (χ2n) is 7.79. The van der Waals surface area contributed by atoms with E-state index in [2.05, 4.69) is 22.6 Å². The quantitative estimate of drug-likeness (QED) is 0.175. The minimum absolute atomic E-state index is 0.0527. The van der Waals surface area contributed by atoms with E-state index < -0.39 is 17.0 Å². The molecule has 0 aromatic heterocycles. The SMILES string of the molecule is CCOc1cc(/C=C2/SC(=O)N(Cc3ccc(F)cc3Cl)C2=O)cc(I)c1OCc1ccc(Cl)cc1Cl. The van der Waals surface area contributed by atoms with Crippen molar-refractivity contribution in [2.75, 3.05) is 6.61 Å². The van der Waals surface area contributed by atoms with E-state index in [0.29, 0.717) is 39.3 Å². The zero-order valence-corrected chi connectivity index (χ0v) is 24.4. The molecule has 0 bridgehead atoms. The summed E-state index contributed by atoms with van der Waals surface area (Å²) >= 11 is 21.3. The van der Waals surface area contributed by atoms with Crippen LogP contribution in [0.2, 0.25) is 15.1 Å². The number of ether oxygens (including phenoxy) is 2. The summed E-state index contributed by atoms with van der Waals surface area (Å²) < 4.78 is 25.9. The highest BCUT2D eigenvalue weighted by atomic mass is 127. The Morgan fingerprint density at radius 1 is 1.00 bits per heavy atom. The van der Waals surface area contributed by atoms with Gasteiger partial charge in [-0.1, -0.05) is 46.9 Å². The fourth-order valence-corrected chi connectivity index (χ4v) is 5.78. The molecular weight excluding hydrogens is 675 g/mol. The molecule has 2 amide bonds. The number of hydrogen-bond donors (Lipinski definition) is 0. The van der Waals surface area contributed by atoms with E-state index in [1.54, 1.807) is 30.3 Å². The Labute approximate surface area is 246 Å². The Morgan fingerprint density at radius 2 is 1.73 bits per heavy atom. The monoisotopic (exact) mass is 691 g/mol. The lowest BCUT2D eigenvalue weighted by molar-refractivity contribution is -0.123. The van der Waals surface area contributed by atoms with Crippen molar-refractivity contribution in [3.05, 3.63) is 94.6 Å². The topological polar surface area (TPSA) is 55.8 Å². The molecule has 1 aliphatic heterocycles. The maximum atomic E-state index is 13.4. The average molecular weight is 693 g/mol. The number of benzene rings is 3. The van der Waals surface area contributed by atoms with Crippen molar-refractivity contribution in [1.29, 1.82) is 0 Å². The van der Waals surface area contributed by atoms with E-state index in [1.165, 1.54) is 12.1 Å². The van der Waals surface area contributed by atoms with Gasteiger partial charge in [-0.05, 0) is 94.9 Å². The summed E-state index contributed by atoms with van der Waals surface area (Å²) in [5, 5.41) is 0.744. The van der Waals surface area contributed by atoms with Crippen LogP contribution in [-0.2, 0) is 17.9 Å². The van der Waals surface area contributed by atoms with Crippen molar-refractivity contribution in [2.24, 2.45) is 0 Å². The molecule has 3 aromatic rings. The fraction of sp³-hybridized carbons (Fsp3) is 0.154. The maximum Gasteiger partial charge on any atom is 0.293 e. The van der Waals surface area contributed by atoms with Gasteiger partial charge in [0.15, 0.2) is 11.5 Å². The summed E-state index contributed by atoms with van der Waals surface area (Å²) in [6.07, 6.45) is 1.63. The second-order valence-corrected chi connectivity index (χ2v) is 11.2. The molecule has 0 atom stereocenters. The Bertz CT molecular complexity index is 1420. The predicted octanol–water partition coefficient (Wildman–Crippen LogP) is 8.60. The van der Waals surface area contributed by atoms with Crippen molar-refractivity contribution in [1.82, 2.24) is 4.90 Å². The van der Waals surface area contributed by atoms with E-state index in [0.717, 1.165) is 31.9 Å². The first kappa shape index (κ1) is 28.0. The molecule has 1 fully saturated rings. The second kappa shape index (κ2) is 12.3. The summed E-state index contributed by atoms with van der Waals surface area (Å²) in [6, 6.07) is 12.6. The van der Waals surface area contributed by atoms with Crippen molar-refractivity contribution in [3.63, 3.8) is 0 Å². The van der Waals surface area contributed by atoms with Crippen LogP contribution in [0.1, 0.15) is 23.6 Å². The van der Waals surface area contributed by atoms with Gasteiger partial charge in [0.25, 0.3) is 11.1 Å². The van der Waals surface area contributed by atoms with Crippen LogP contribution in [0.15, 0.2) is 53.4 Å². The molecule has 4 rings (SSSR count). The van der Waals surface area contributed by atoms with Gasteiger partial charge in [-0.2, -0.15) is 0 Å². The molecule has 192 valence electrons. The van der Waals surface area contributed by atoms with E-state index in [1.807, 2.05) is 13.0 Å². The number of rotatable bonds is 8. The van der Waals surface area contributed by atoms with Gasteiger partial charge in [-0.25, -0.2) is 4.39 Å². The van der Waals surface area contributed by atoms with Gasteiger partial charge in [0, 0.05) is 20.6 Å². The van der Waals surface area contributed by atoms with Crippen LogP contribution >= 0.6 is 69.2 Å². The third-order valence-corrected chi connectivity index (χ3v) is 7.88. The molecule has 0 saturated carbocycles. The van der Waals surface area contributed by atoms with E-state index >= 15 is 0 Å². The Morgan fingerprint density at radius 3 is 2.43 bits per heavy atom. The normalized spacial score (nSPS) is 14.5. The third-order valence-electron chi connectivity index (χ3n) is 5.23. The van der Waals surface area contributed by atoms with Crippen molar-refractivity contribution >= 4 is 86.4 Å². The highest BCUT2D eigenvalue weighted by molar-refractivity contribution is 14.1. The summed E-state index contributed by atoms with van der Waals surface area (Å²) in [5.41, 5.74) is 1.90. The number of carbonyl (C=O) groups excluding carboxylic acids is 2. The predicted molar refractivity (Wildman–Crippen MR) is 154 cm³/mol. The molecule has 5 nitrogen and oxygen atoms in total. The maximum absolute atomic E-state index is 13.4. The molecule has 1 saturated heterocycles. The number of halogens is 5. The molecule has 1 aliphatic rings. The van der Waals surface area contributed by atoms with E-state index in [-0.39, 0.29) is 23.1 Å². The van der Waals surface area contributed by atoms with Crippen LogP contribution in [0.4, 0.5) is 9.18 Å².